The molecule has 0 unspecified atom stereocenters. The van der Waals surface area contributed by atoms with Gasteiger partial charge in [-0.3, -0.25) is 4.79 Å². The molecule has 0 saturated carbocycles. The molecule has 2 aromatic carbocycles. The van der Waals surface area contributed by atoms with Gasteiger partial charge in [-0.05, 0) is 30.2 Å². The maximum absolute atomic E-state index is 12.6. The number of halogens is 1. The number of fused-ring (bicyclic) bond motifs is 3. The SMILES string of the molecule is O=C(CCc1ccc(Cl)cc1)N1CCc2[nH]c3ccccc3c2C1. The van der Waals surface area contributed by atoms with E-state index in [-0.39, 0.29) is 5.91 Å². The molecule has 2 heterocycles. The molecule has 0 radical (unpaired) electrons. The highest BCUT2D eigenvalue weighted by molar-refractivity contribution is 6.30. The van der Waals surface area contributed by atoms with Crippen molar-refractivity contribution < 1.29 is 4.79 Å². The number of nitrogens with zero attached hydrogens (tertiary/aromatic N) is 1. The molecule has 3 aromatic rings. The highest BCUT2D eigenvalue weighted by Crippen LogP contribution is 2.27. The number of benzene rings is 2. The molecule has 0 aliphatic carbocycles. The summed E-state index contributed by atoms with van der Waals surface area (Å²) in [4.78, 5) is 18.1. The van der Waals surface area contributed by atoms with E-state index in [1.807, 2.05) is 35.2 Å². The first-order valence-corrected chi connectivity index (χ1v) is 8.69. The minimum Gasteiger partial charge on any atom is -0.358 e. The van der Waals surface area contributed by atoms with Crippen LogP contribution in [0, 0.1) is 0 Å². The van der Waals surface area contributed by atoms with E-state index in [2.05, 4.69) is 23.2 Å². The van der Waals surface area contributed by atoms with Crippen molar-refractivity contribution in [1.82, 2.24) is 9.88 Å². The van der Waals surface area contributed by atoms with Gasteiger partial charge in [0.25, 0.3) is 0 Å². The predicted octanol–water partition coefficient (Wildman–Crippen LogP) is 4.34. The van der Waals surface area contributed by atoms with Crippen molar-refractivity contribution in [2.24, 2.45) is 0 Å². The summed E-state index contributed by atoms with van der Waals surface area (Å²) in [5, 5.41) is 1.97. The van der Waals surface area contributed by atoms with Gasteiger partial charge in [0.1, 0.15) is 0 Å². The smallest absolute Gasteiger partial charge is 0.223 e. The molecule has 4 rings (SSSR count). The second kappa shape index (κ2) is 6.33. The molecule has 0 atom stereocenters. The van der Waals surface area contributed by atoms with Crippen LogP contribution in [0.5, 0.6) is 0 Å². The van der Waals surface area contributed by atoms with E-state index in [1.165, 1.54) is 16.6 Å². The van der Waals surface area contributed by atoms with Gasteiger partial charge in [0, 0.05) is 53.1 Å². The summed E-state index contributed by atoms with van der Waals surface area (Å²) in [6.45, 7) is 1.50. The fraction of sp³-hybridized carbons (Fsp3) is 0.250. The van der Waals surface area contributed by atoms with Gasteiger partial charge in [-0.2, -0.15) is 0 Å². The van der Waals surface area contributed by atoms with E-state index >= 15 is 0 Å². The predicted molar refractivity (Wildman–Crippen MR) is 97.2 cm³/mol. The summed E-state index contributed by atoms with van der Waals surface area (Å²) in [7, 11) is 0. The monoisotopic (exact) mass is 338 g/mol. The van der Waals surface area contributed by atoms with E-state index in [1.54, 1.807) is 0 Å². The summed E-state index contributed by atoms with van der Waals surface area (Å²) in [6, 6.07) is 16.1. The van der Waals surface area contributed by atoms with Crippen molar-refractivity contribution in [3.63, 3.8) is 0 Å². The molecule has 1 amide bonds. The normalized spacial score (nSPS) is 14.0. The third-order valence-corrected chi connectivity index (χ3v) is 5.03. The Kier molecular flexibility index (Phi) is 4.03. The van der Waals surface area contributed by atoms with Crippen molar-refractivity contribution >= 4 is 28.4 Å². The van der Waals surface area contributed by atoms with E-state index < -0.39 is 0 Å². The maximum atomic E-state index is 12.6. The number of amides is 1. The van der Waals surface area contributed by atoms with Gasteiger partial charge in [0.05, 0.1) is 0 Å². The summed E-state index contributed by atoms with van der Waals surface area (Å²) in [5.41, 5.74) is 4.87. The summed E-state index contributed by atoms with van der Waals surface area (Å²) >= 11 is 5.90. The van der Waals surface area contributed by atoms with E-state index in [4.69, 9.17) is 11.6 Å². The van der Waals surface area contributed by atoms with E-state index in [0.29, 0.717) is 13.0 Å². The Labute approximate surface area is 146 Å². The van der Waals surface area contributed by atoms with Crippen LogP contribution in [-0.2, 0) is 24.2 Å². The van der Waals surface area contributed by atoms with Gasteiger partial charge in [-0.1, -0.05) is 41.9 Å². The van der Waals surface area contributed by atoms with Crippen LogP contribution in [0.15, 0.2) is 48.5 Å². The Morgan fingerprint density at radius 2 is 1.92 bits per heavy atom. The lowest BCUT2D eigenvalue weighted by Crippen LogP contribution is -2.35. The Bertz CT molecular complexity index is 882. The molecule has 4 heteroatoms. The molecule has 1 aromatic heterocycles. The van der Waals surface area contributed by atoms with Crippen LogP contribution in [0.2, 0.25) is 5.02 Å². The van der Waals surface area contributed by atoms with E-state index in [9.17, 15) is 4.79 Å². The molecule has 1 aliphatic heterocycles. The Balaban J connectivity index is 1.45. The number of aryl methyl sites for hydroxylation is 1. The zero-order chi connectivity index (χ0) is 16.5. The largest absolute Gasteiger partial charge is 0.358 e. The maximum Gasteiger partial charge on any atom is 0.223 e. The first kappa shape index (κ1) is 15.3. The highest BCUT2D eigenvalue weighted by atomic mass is 35.5. The molecular formula is C20H19ClN2O. The molecule has 3 nitrogen and oxygen atoms in total. The van der Waals surface area contributed by atoms with Crippen LogP contribution in [0.25, 0.3) is 10.9 Å². The topological polar surface area (TPSA) is 36.1 Å². The van der Waals surface area contributed by atoms with Crippen molar-refractivity contribution in [2.75, 3.05) is 6.54 Å². The van der Waals surface area contributed by atoms with Gasteiger partial charge in [-0.25, -0.2) is 0 Å². The first-order chi connectivity index (χ1) is 11.7. The Hall–Kier alpha value is -2.26. The quantitative estimate of drug-likeness (QED) is 0.757. The second-order valence-corrected chi connectivity index (χ2v) is 6.76. The van der Waals surface area contributed by atoms with Crippen LogP contribution < -0.4 is 0 Å². The number of carbonyl (C=O) groups excluding carboxylic acids is 1. The van der Waals surface area contributed by atoms with Crippen LogP contribution in [-0.4, -0.2) is 22.3 Å². The third kappa shape index (κ3) is 2.92. The van der Waals surface area contributed by atoms with Gasteiger partial charge in [0.15, 0.2) is 0 Å². The number of aromatic nitrogens is 1. The summed E-state index contributed by atoms with van der Waals surface area (Å²) in [5.74, 6) is 0.223. The fourth-order valence-electron chi connectivity index (χ4n) is 3.44. The van der Waals surface area contributed by atoms with Crippen LogP contribution in [0.4, 0.5) is 0 Å². The standard InChI is InChI=1S/C20H19ClN2O/c21-15-8-5-14(6-9-15)7-10-20(24)23-12-11-19-17(13-23)16-3-1-2-4-18(16)22-19/h1-6,8-9,22H,7,10-13H2. The van der Waals surface area contributed by atoms with Gasteiger partial charge in [0.2, 0.25) is 5.91 Å². The lowest BCUT2D eigenvalue weighted by atomic mass is 10.0. The molecule has 0 fully saturated rings. The zero-order valence-electron chi connectivity index (χ0n) is 13.4. The molecule has 24 heavy (non-hydrogen) atoms. The Morgan fingerprint density at radius 1 is 1.12 bits per heavy atom. The minimum atomic E-state index is 0.223. The van der Waals surface area contributed by atoms with Gasteiger partial charge >= 0.3 is 0 Å². The fourth-order valence-corrected chi connectivity index (χ4v) is 3.57. The van der Waals surface area contributed by atoms with E-state index in [0.717, 1.165) is 35.5 Å². The van der Waals surface area contributed by atoms with Crippen molar-refractivity contribution in [3.8, 4) is 0 Å². The van der Waals surface area contributed by atoms with Crippen molar-refractivity contribution in [3.05, 3.63) is 70.4 Å². The molecule has 1 N–H and O–H groups in total. The molecular weight excluding hydrogens is 320 g/mol. The first-order valence-electron chi connectivity index (χ1n) is 8.31. The molecule has 122 valence electrons. The highest BCUT2D eigenvalue weighted by Gasteiger charge is 2.23. The molecule has 1 aliphatic rings. The molecule has 0 bridgehead atoms. The van der Waals surface area contributed by atoms with Crippen LogP contribution in [0.3, 0.4) is 0 Å². The number of para-hydroxylation sites is 1. The number of hydrogen-bond acceptors (Lipinski definition) is 1. The second-order valence-electron chi connectivity index (χ2n) is 6.32. The van der Waals surface area contributed by atoms with Crippen LogP contribution in [0.1, 0.15) is 23.2 Å². The number of hydrogen-bond donors (Lipinski definition) is 1. The average Bonchev–Trinajstić information content (AvgIpc) is 2.99. The minimum absolute atomic E-state index is 0.223. The lowest BCUT2D eigenvalue weighted by Gasteiger charge is -2.27. The van der Waals surface area contributed by atoms with Crippen molar-refractivity contribution in [1.29, 1.82) is 0 Å². The Morgan fingerprint density at radius 3 is 2.75 bits per heavy atom. The lowest BCUT2D eigenvalue weighted by molar-refractivity contribution is -0.132. The van der Waals surface area contributed by atoms with Gasteiger partial charge in [-0.15, -0.1) is 0 Å². The summed E-state index contributed by atoms with van der Waals surface area (Å²) in [6.07, 6.45) is 2.20. The third-order valence-electron chi connectivity index (χ3n) is 4.78. The van der Waals surface area contributed by atoms with Crippen molar-refractivity contribution in [2.45, 2.75) is 25.8 Å². The number of aromatic amines is 1. The zero-order valence-corrected chi connectivity index (χ0v) is 14.1. The number of nitrogens with one attached hydrogen (secondary N) is 1. The number of H-pyrrole nitrogens is 1. The average molecular weight is 339 g/mol. The number of carbonyl (C=O) groups is 1. The van der Waals surface area contributed by atoms with Gasteiger partial charge < -0.3 is 9.88 Å². The molecule has 0 spiro atoms. The summed E-state index contributed by atoms with van der Waals surface area (Å²) < 4.78 is 0. The van der Waals surface area contributed by atoms with Crippen LogP contribution >= 0.6 is 11.6 Å². The molecule has 0 saturated heterocycles. The number of rotatable bonds is 3.